The van der Waals surface area contributed by atoms with Crippen LogP contribution in [-0.4, -0.2) is 91.5 Å². The zero-order valence-electron chi connectivity index (χ0n) is 26.1. The molecule has 0 radical (unpaired) electrons. The third kappa shape index (κ3) is 9.17. The smallest absolute Gasteiger partial charge is 0.249 e. The predicted octanol–water partition coefficient (Wildman–Crippen LogP) is -0.0142. The lowest BCUT2D eigenvalue weighted by Crippen LogP contribution is -2.63. The van der Waals surface area contributed by atoms with E-state index >= 15 is 0 Å². The van der Waals surface area contributed by atoms with Crippen molar-refractivity contribution in [1.29, 1.82) is 0 Å². The molecule has 10 N–H and O–H groups in total. The zero-order chi connectivity index (χ0) is 33.2. The topological polar surface area (TPSA) is 244 Å². The minimum absolute atomic E-state index is 0.0216. The van der Waals surface area contributed by atoms with Gasteiger partial charge in [0.05, 0.1) is 6.61 Å². The average Bonchev–Trinajstić information content (AvgIpc) is 3.38. The van der Waals surface area contributed by atoms with Gasteiger partial charge in [0.2, 0.25) is 11.8 Å². The lowest BCUT2D eigenvalue weighted by molar-refractivity contribution is -0.165. The first-order valence-electron chi connectivity index (χ1n) is 15.7. The van der Waals surface area contributed by atoms with Gasteiger partial charge < -0.3 is 46.7 Å². The molecule has 3 fully saturated rings. The summed E-state index contributed by atoms with van der Waals surface area (Å²) >= 11 is 6.19. The molecule has 0 aromatic heterocycles. The van der Waals surface area contributed by atoms with Crippen LogP contribution in [0.2, 0.25) is 0 Å². The molecule has 4 heterocycles. The van der Waals surface area contributed by atoms with Gasteiger partial charge >= 0.3 is 0 Å². The number of nitrogens with two attached hydrogens (primary N) is 3. The number of carbonyl (C=O) groups excluding carboxylic acids is 2. The molecule has 4 unspecified atom stereocenters. The number of halogens is 1. The third-order valence-electron chi connectivity index (χ3n) is 8.68. The normalized spacial score (nSPS) is 26.5. The summed E-state index contributed by atoms with van der Waals surface area (Å²) in [4.78, 5) is 28.2. The molecule has 3 saturated heterocycles. The molecule has 2 amide bonds. The minimum Gasteiger partial charge on any atom is -0.491 e. The van der Waals surface area contributed by atoms with E-state index in [2.05, 4.69) is 41.9 Å². The molecule has 1 aromatic rings. The summed E-state index contributed by atoms with van der Waals surface area (Å²) in [6.07, 6.45) is 3.83. The molecule has 19 heteroatoms. The van der Waals surface area contributed by atoms with E-state index in [-0.39, 0.29) is 28.7 Å². The second-order valence-electron chi connectivity index (χ2n) is 11.9. The lowest BCUT2D eigenvalue weighted by atomic mass is 9.88. The number of nitrogens with one attached hydrogen (secondary N) is 4. The molecule has 18 nitrogen and oxygen atoms in total. The van der Waals surface area contributed by atoms with Gasteiger partial charge in [-0.3, -0.25) is 20.7 Å². The van der Waals surface area contributed by atoms with Gasteiger partial charge in [0.1, 0.15) is 29.8 Å². The van der Waals surface area contributed by atoms with Crippen LogP contribution in [0, 0.1) is 0 Å². The fraction of sp³-hybridized carbons (Fsp3) is 0.643. The van der Waals surface area contributed by atoms with Crippen molar-refractivity contribution < 1.29 is 23.8 Å². The highest BCUT2D eigenvalue weighted by molar-refractivity contribution is 6.29. The van der Waals surface area contributed by atoms with Crippen LogP contribution in [0.3, 0.4) is 0 Å². The Bertz CT molecular complexity index is 1300. The van der Waals surface area contributed by atoms with Crippen molar-refractivity contribution in [3.63, 3.8) is 0 Å². The number of carbonyl (C=O) groups is 2. The monoisotopic (exact) mass is 677 g/mol. The standard InChI is InChI=1S/C28H44ClN13O5/c29-23-25(38-40-31)34-24(37-39-30)22(33-23)26(44)35-27-36-28(17-42(27)32)10-12-41(13-11-28)20(43)9-6-18-4-7-19(8-5-18)45-15-16-47-21-3-1-2-14-46-21/h4-5,7-8,21-22,24,27,33-34,36H,1-3,6,9-17,32H2,(H2,30,37)(H2,31,38)(H,35,44). The van der Waals surface area contributed by atoms with E-state index in [9.17, 15) is 9.59 Å². The van der Waals surface area contributed by atoms with Gasteiger partial charge in [-0.05, 0) is 56.2 Å². The number of hydrazine groups is 1. The maximum Gasteiger partial charge on any atom is 0.249 e. The second-order valence-corrected chi connectivity index (χ2v) is 12.2. The third-order valence-corrected chi connectivity index (χ3v) is 8.97. The lowest BCUT2D eigenvalue weighted by Gasteiger charge is -2.39. The SMILES string of the molecule is NN=NC1=C(Cl)NC(C(=O)NC2NC3(CCN(C(=O)CCc4ccc(OCCOC5CCCCO5)cc4)CC3)CN2N)C(N=NN)N1. The average molecular weight is 678 g/mol. The van der Waals surface area contributed by atoms with Crippen molar-refractivity contribution in [2.45, 2.75) is 75.3 Å². The summed E-state index contributed by atoms with van der Waals surface area (Å²) in [5.74, 6) is 17.1. The first-order chi connectivity index (χ1) is 22.8. The number of likely N-dealkylation sites (tertiary alicyclic amines) is 1. The second kappa shape index (κ2) is 16.3. The molecule has 1 spiro atoms. The van der Waals surface area contributed by atoms with Gasteiger partial charge in [-0.1, -0.05) is 34.2 Å². The Labute approximate surface area is 277 Å². The van der Waals surface area contributed by atoms with Crippen LogP contribution in [0.1, 0.15) is 44.1 Å². The number of amides is 2. The van der Waals surface area contributed by atoms with Gasteiger partial charge in [0.25, 0.3) is 0 Å². The summed E-state index contributed by atoms with van der Waals surface area (Å²) in [5.41, 5.74) is 0.699. The maximum atomic E-state index is 13.2. The molecule has 0 aliphatic carbocycles. The molecule has 0 saturated carbocycles. The number of rotatable bonds is 12. The van der Waals surface area contributed by atoms with Gasteiger partial charge in [-0.2, -0.15) is 0 Å². The van der Waals surface area contributed by atoms with Crippen molar-refractivity contribution in [3.8, 4) is 5.75 Å². The first kappa shape index (κ1) is 34.5. The molecular formula is C28H44ClN13O5. The van der Waals surface area contributed by atoms with E-state index in [1.165, 1.54) is 5.01 Å². The molecule has 4 aliphatic heterocycles. The van der Waals surface area contributed by atoms with Gasteiger partial charge in [-0.25, -0.2) is 5.01 Å². The number of ether oxygens (including phenoxy) is 3. The molecule has 47 heavy (non-hydrogen) atoms. The summed E-state index contributed by atoms with van der Waals surface area (Å²) in [6, 6.07) is 6.82. The molecule has 4 atom stereocenters. The van der Waals surface area contributed by atoms with Gasteiger partial charge in [-0.15, -0.1) is 10.2 Å². The van der Waals surface area contributed by atoms with Gasteiger partial charge in [0.15, 0.2) is 18.3 Å². The van der Waals surface area contributed by atoms with Crippen molar-refractivity contribution in [3.05, 3.63) is 40.8 Å². The quantitative estimate of drug-likeness (QED) is 0.0508. The molecule has 4 aliphatic rings. The minimum atomic E-state index is -0.984. The largest absolute Gasteiger partial charge is 0.491 e. The zero-order valence-corrected chi connectivity index (χ0v) is 26.9. The van der Waals surface area contributed by atoms with E-state index in [0.29, 0.717) is 58.5 Å². The van der Waals surface area contributed by atoms with Crippen LogP contribution in [-0.2, 0) is 25.5 Å². The fourth-order valence-electron chi connectivity index (χ4n) is 6.11. The van der Waals surface area contributed by atoms with Crippen LogP contribution in [0.25, 0.3) is 0 Å². The predicted molar refractivity (Wildman–Crippen MR) is 169 cm³/mol. The maximum absolute atomic E-state index is 13.2. The van der Waals surface area contributed by atoms with Crippen LogP contribution in [0.5, 0.6) is 5.75 Å². The van der Waals surface area contributed by atoms with Crippen LogP contribution >= 0.6 is 11.6 Å². The summed E-state index contributed by atoms with van der Waals surface area (Å²) in [5, 5.41) is 27.5. The Morgan fingerprint density at radius 3 is 2.60 bits per heavy atom. The van der Waals surface area contributed by atoms with Crippen LogP contribution in [0.4, 0.5) is 0 Å². The number of hydrogen-bond acceptors (Lipinski definition) is 14. The van der Waals surface area contributed by atoms with Crippen molar-refractivity contribution >= 4 is 23.4 Å². The van der Waals surface area contributed by atoms with E-state index in [1.807, 2.05) is 29.2 Å². The van der Waals surface area contributed by atoms with Crippen LogP contribution in [0.15, 0.2) is 55.9 Å². The number of aryl methyl sites for hydroxylation is 1. The first-order valence-corrected chi connectivity index (χ1v) is 16.1. The van der Waals surface area contributed by atoms with E-state index in [0.717, 1.165) is 37.2 Å². The highest BCUT2D eigenvalue weighted by Gasteiger charge is 2.46. The van der Waals surface area contributed by atoms with Crippen molar-refractivity contribution in [2.75, 3.05) is 39.5 Å². The summed E-state index contributed by atoms with van der Waals surface area (Å²) < 4.78 is 17.1. The Kier molecular flexibility index (Phi) is 12.0. The van der Waals surface area contributed by atoms with E-state index < -0.39 is 24.4 Å². The Hall–Kier alpha value is -3.81. The summed E-state index contributed by atoms with van der Waals surface area (Å²) in [7, 11) is 0. The summed E-state index contributed by atoms with van der Waals surface area (Å²) in [6.45, 7) is 3.32. The van der Waals surface area contributed by atoms with Gasteiger partial charge in [0, 0.05) is 38.2 Å². The van der Waals surface area contributed by atoms with E-state index in [1.54, 1.807) is 0 Å². The van der Waals surface area contributed by atoms with Crippen molar-refractivity contribution in [2.24, 2.45) is 38.2 Å². The molecular weight excluding hydrogens is 634 g/mol. The number of nitrogens with zero attached hydrogens (tertiary/aromatic N) is 6. The molecule has 5 rings (SSSR count). The number of benzene rings is 1. The number of hydrogen-bond donors (Lipinski definition) is 7. The Morgan fingerprint density at radius 2 is 1.89 bits per heavy atom. The van der Waals surface area contributed by atoms with E-state index in [4.69, 9.17) is 43.3 Å². The highest BCUT2D eigenvalue weighted by atomic mass is 35.5. The van der Waals surface area contributed by atoms with Crippen LogP contribution < -0.4 is 43.5 Å². The number of piperidine rings is 1. The van der Waals surface area contributed by atoms with Crippen molar-refractivity contribution in [1.82, 2.24) is 31.2 Å². The highest BCUT2D eigenvalue weighted by Crippen LogP contribution is 2.29. The molecule has 1 aromatic carbocycles. The Morgan fingerprint density at radius 1 is 1.11 bits per heavy atom. The fourth-order valence-corrected chi connectivity index (χ4v) is 6.32. The Balaban J connectivity index is 1.03. The molecule has 0 bridgehead atoms. The molecule has 258 valence electrons.